The van der Waals surface area contributed by atoms with E-state index in [1.807, 2.05) is 18.2 Å². The van der Waals surface area contributed by atoms with Gasteiger partial charge in [0.2, 0.25) is 0 Å². The van der Waals surface area contributed by atoms with Crippen molar-refractivity contribution in [2.75, 3.05) is 32.8 Å². The fraction of sp³-hybridized carbons (Fsp3) is 0.316. The Morgan fingerprint density at radius 2 is 1.96 bits per heavy atom. The van der Waals surface area contributed by atoms with Gasteiger partial charge in [-0.15, -0.1) is 0 Å². The van der Waals surface area contributed by atoms with Crippen molar-refractivity contribution in [3.05, 3.63) is 69.7 Å². The van der Waals surface area contributed by atoms with E-state index in [4.69, 9.17) is 27.9 Å². The molecule has 132 valence electrons. The maximum Gasteiger partial charge on any atom is 0.251 e. The third-order valence-electron chi connectivity index (χ3n) is 4.22. The summed E-state index contributed by atoms with van der Waals surface area (Å²) in [4.78, 5) is 14.5. The van der Waals surface area contributed by atoms with Crippen LogP contribution in [0.5, 0.6) is 0 Å². The van der Waals surface area contributed by atoms with Crippen LogP contribution in [-0.2, 0) is 4.74 Å². The second-order valence-electron chi connectivity index (χ2n) is 5.96. The molecule has 0 saturated carbocycles. The number of carbonyl (C=O) groups excluding carboxylic acids is 1. The van der Waals surface area contributed by atoms with Gasteiger partial charge in [0.25, 0.3) is 5.91 Å². The summed E-state index contributed by atoms with van der Waals surface area (Å²) >= 11 is 11.8. The standard InChI is InChI=1S/C19H20Cl2N2O2/c20-16-7-6-15(12-17(16)21)19(24)22-8-9-23-10-11-25-18(13-23)14-4-2-1-3-5-14/h1-7,12,18H,8-11,13H2,(H,22,24)/t18-/m0/s1. The minimum absolute atomic E-state index is 0.0840. The van der Waals surface area contributed by atoms with Gasteiger partial charge in [-0.25, -0.2) is 0 Å². The maximum atomic E-state index is 12.2. The highest BCUT2D eigenvalue weighted by Crippen LogP contribution is 2.23. The maximum absolute atomic E-state index is 12.2. The van der Waals surface area contributed by atoms with Gasteiger partial charge in [-0.1, -0.05) is 53.5 Å². The largest absolute Gasteiger partial charge is 0.371 e. The van der Waals surface area contributed by atoms with Gasteiger partial charge in [-0.05, 0) is 23.8 Å². The molecule has 1 N–H and O–H groups in total. The number of hydrogen-bond donors (Lipinski definition) is 1. The molecule has 0 aliphatic carbocycles. The molecule has 1 atom stereocenters. The van der Waals surface area contributed by atoms with Gasteiger partial charge < -0.3 is 10.1 Å². The monoisotopic (exact) mass is 378 g/mol. The number of carbonyl (C=O) groups is 1. The number of rotatable bonds is 5. The lowest BCUT2D eigenvalue weighted by atomic mass is 10.1. The molecule has 1 heterocycles. The predicted molar refractivity (Wildman–Crippen MR) is 100 cm³/mol. The van der Waals surface area contributed by atoms with E-state index in [-0.39, 0.29) is 12.0 Å². The number of nitrogens with one attached hydrogen (secondary N) is 1. The molecule has 1 aliphatic rings. The van der Waals surface area contributed by atoms with Crippen LogP contribution in [0.3, 0.4) is 0 Å². The molecule has 0 unspecified atom stereocenters. The second kappa shape index (κ2) is 8.68. The summed E-state index contributed by atoms with van der Waals surface area (Å²) < 4.78 is 5.86. The van der Waals surface area contributed by atoms with E-state index in [2.05, 4.69) is 22.3 Å². The number of ether oxygens (including phenoxy) is 1. The van der Waals surface area contributed by atoms with Gasteiger partial charge >= 0.3 is 0 Å². The summed E-state index contributed by atoms with van der Waals surface area (Å²) in [5.41, 5.74) is 1.70. The van der Waals surface area contributed by atoms with Crippen molar-refractivity contribution in [3.8, 4) is 0 Å². The average Bonchev–Trinajstić information content (AvgIpc) is 2.65. The normalized spacial score (nSPS) is 18.1. The molecule has 3 rings (SSSR count). The minimum atomic E-state index is -0.147. The third-order valence-corrected chi connectivity index (χ3v) is 4.96. The molecule has 0 bridgehead atoms. The van der Waals surface area contributed by atoms with Crippen LogP contribution in [0.15, 0.2) is 48.5 Å². The molecular formula is C19H20Cl2N2O2. The topological polar surface area (TPSA) is 41.6 Å². The Labute approximate surface area is 157 Å². The van der Waals surface area contributed by atoms with Crippen molar-refractivity contribution in [1.82, 2.24) is 10.2 Å². The molecule has 25 heavy (non-hydrogen) atoms. The quantitative estimate of drug-likeness (QED) is 0.860. The Morgan fingerprint density at radius 3 is 2.72 bits per heavy atom. The van der Waals surface area contributed by atoms with Crippen molar-refractivity contribution in [3.63, 3.8) is 0 Å². The van der Waals surface area contributed by atoms with Gasteiger partial charge in [0.15, 0.2) is 0 Å². The molecule has 1 fully saturated rings. The Balaban J connectivity index is 1.48. The highest BCUT2D eigenvalue weighted by atomic mass is 35.5. The van der Waals surface area contributed by atoms with Gasteiger partial charge in [-0.2, -0.15) is 0 Å². The fourth-order valence-electron chi connectivity index (χ4n) is 2.84. The van der Waals surface area contributed by atoms with E-state index in [0.29, 0.717) is 28.8 Å². The lowest BCUT2D eigenvalue weighted by molar-refractivity contribution is -0.0293. The number of halogens is 2. The van der Waals surface area contributed by atoms with Crippen molar-refractivity contribution < 1.29 is 9.53 Å². The smallest absolute Gasteiger partial charge is 0.251 e. The van der Waals surface area contributed by atoms with Gasteiger partial charge in [0.1, 0.15) is 0 Å². The molecule has 6 heteroatoms. The molecule has 2 aromatic carbocycles. The van der Waals surface area contributed by atoms with E-state index in [0.717, 1.165) is 19.6 Å². The van der Waals surface area contributed by atoms with Crippen LogP contribution < -0.4 is 5.32 Å². The van der Waals surface area contributed by atoms with E-state index in [1.54, 1.807) is 18.2 Å². The van der Waals surface area contributed by atoms with Crippen LogP contribution in [0, 0.1) is 0 Å². The van der Waals surface area contributed by atoms with E-state index >= 15 is 0 Å². The highest BCUT2D eigenvalue weighted by Gasteiger charge is 2.21. The van der Waals surface area contributed by atoms with E-state index in [1.165, 1.54) is 5.56 Å². The first kappa shape index (κ1) is 18.2. The third kappa shape index (κ3) is 4.95. The molecule has 0 aromatic heterocycles. The summed E-state index contributed by atoms with van der Waals surface area (Å²) in [6.45, 7) is 3.74. The molecular weight excluding hydrogens is 359 g/mol. The van der Waals surface area contributed by atoms with Gasteiger partial charge in [0.05, 0.1) is 22.8 Å². The highest BCUT2D eigenvalue weighted by molar-refractivity contribution is 6.42. The Kier molecular flexibility index (Phi) is 6.32. The van der Waals surface area contributed by atoms with Crippen LogP contribution in [0.25, 0.3) is 0 Å². The minimum Gasteiger partial charge on any atom is -0.371 e. The SMILES string of the molecule is O=C(NCCN1CCO[C@H](c2ccccc2)C1)c1ccc(Cl)c(Cl)c1. The van der Waals surface area contributed by atoms with Crippen molar-refractivity contribution in [2.24, 2.45) is 0 Å². The second-order valence-corrected chi connectivity index (χ2v) is 6.77. The van der Waals surface area contributed by atoms with Crippen LogP contribution >= 0.6 is 23.2 Å². The first-order valence-electron chi connectivity index (χ1n) is 8.25. The average molecular weight is 379 g/mol. The molecule has 0 spiro atoms. The Hall–Kier alpha value is -1.59. The number of benzene rings is 2. The summed E-state index contributed by atoms with van der Waals surface area (Å²) in [6.07, 6.45) is 0.0840. The Morgan fingerprint density at radius 1 is 1.16 bits per heavy atom. The van der Waals surface area contributed by atoms with Crippen LogP contribution in [0.4, 0.5) is 0 Å². The van der Waals surface area contributed by atoms with Crippen molar-refractivity contribution in [2.45, 2.75) is 6.10 Å². The molecule has 1 amide bonds. The van der Waals surface area contributed by atoms with Crippen LogP contribution in [-0.4, -0.2) is 43.6 Å². The van der Waals surface area contributed by atoms with E-state index < -0.39 is 0 Å². The number of nitrogens with zero attached hydrogens (tertiary/aromatic N) is 1. The number of morpholine rings is 1. The molecule has 0 radical (unpaired) electrons. The number of amides is 1. The molecule has 1 saturated heterocycles. The number of hydrogen-bond acceptors (Lipinski definition) is 3. The zero-order chi connectivity index (χ0) is 17.6. The summed E-state index contributed by atoms with van der Waals surface area (Å²) in [5, 5.41) is 3.75. The Bertz CT molecular complexity index is 725. The zero-order valence-electron chi connectivity index (χ0n) is 13.8. The molecule has 1 aliphatic heterocycles. The van der Waals surface area contributed by atoms with E-state index in [9.17, 15) is 4.79 Å². The van der Waals surface area contributed by atoms with Crippen LogP contribution in [0.1, 0.15) is 22.0 Å². The first-order chi connectivity index (χ1) is 12.1. The lowest BCUT2D eigenvalue weighted by Gasteiger charge is -2.33. The zero-order valence-corrected chi connectivity index (χ0v) is 15.3. The first-order valence-corrected chi connectivity index (χ1v) is 9.01. The van der Waals surface area contributed by atoms with Crippen LogP contribution in [0.2, 0.25) is 10.0 Å². The summed E-state index contributed by atoms with van der Waals surface area (Å²) in [7, 11) is 0. The van der Waals surface area contributed by atoms with Gasteiger partial charge in [0, 0.05) is 31.7 Å². The van der Waals surface area contributed by atoms with Crippen molar-refractivity contribution >= 4 is 29.1 Å². The van der Waals surface area contributed by atoms with Gasteiger partial charge in [-0.3, -0.25) is 9.69 Å². The molecule has 2 aromatic rings. The lowest BCUT2D eigenvalue weighted by Crippen LogP contribution is -2.42. The van der Waals surface area contributed by atoms with Crippen molar-refractivity contribution in [1.29, 1.82) is 0 Å². The fourth-order valence-corrected chi connectivity index (χ4v) is 3.14. The predicted octanol–water partition coefficient (Wildman–Crippen LogP) is 3.80. The molecule has 4 nitrogen and oxygen atoms in total. The summed E-state index contributed by atoms with van der Waals surface area (Å²) in [5.74, 6) is -0.147. The summed E-state index contributed by atoms with van der Waals surface area (Å²) in [6, 6.07) is 15.1.